The second-order valence-electron chi connectivity index (χ2n) is 3.22. The molecule has 1 unspecified atom stereocenters. The molecular weight excluding hydrogens is 260 g/mol. The van der Waals surface area contributed by atoms with Gasteiger partial charge in [0, 0.05) is 6.42 Å². The first kappa shape index (κ1) is 10.3. The van der Waals surface area contributed by atoms with Gasteiger partial charge in [-0.1, -0.05) is 22.0 Å². The lowest BCUT2D eigenvalue weighted by Gasteiger charge is -2.03. The number of aliphatic hydroxyl groups excluding tert-OH is 1. The SMILES string of the molecule is O=c1[nH]cnc2cc(CC(O)Br)ccc12. The number of hydrogen-bond acceptors (Lipinski definition) is 3. The maximum Gasteiger partial charge on any atom is 0.258 e. The number of hydrogen-bond donors (Lipinski definition) is 2. The van der Waals surface area contributed by atoms with E-state index in [1.165, 1.54) is 6.33 Å². The standard InChI is InChI=1S/C10H9BrN2O2/c11-9(14)4-6-1-2-7-8(3-6)12-5-13-10(7)15/h1-3,5,9,14H,4H2,(H,12,13,15). The van der Waals surface area contributed by atoms with Gasteiger partial charge in [-0.15, -0.1) is 0 Å². The first-order chi connectivity index (χ1) is 7.16. The number of halogens is 1. The van der Waals surface area contributed by atoms with E-state index in [2.05, 4.69) is 25.9 Å². The van der Waals surface area contributed by atoms with Crippen molar-refractivity contribution in [3.05, 3.63) is 40.4 Å². The summed E-state index contributed by atoms with van der Waals surface area (Å²) in [6.45, 7) is 0. The van der Waals surface area contributed by atoms with E-state index in [1.807, 2.05) is 6.07 Å². The molecule has 2 rings (SSSR count). The van der Waals surface area contributed by atoms with Crippen LogP contribution in [0.4, 0.5) is 0 Å². The monoisotopic (exact) mass is 268 g/mol. The molecule has 0 saturated carbocycles. The Bertz CT molecular complexity index is 536. The van der Waals surface area contributed by atoms with Crippen LogP contribution in [0, 0.1) is 0 Å². The van der Waals surface area contributed by atoms with Crippen molar-refractivity contribution in [1.29, 1.82) is 0 Å². The molecule has 1 aromatic heterocycles. The quantitative estimate of drug-likeness (QED) is 0.804. The average molecular weight is 269 g/mol. The zero-order chi connectivity index (χ0) is 10.8. The Morgan fingerprint density at radius 3 is 3.07 bits per heavy atom. The van der Waals surface area contributed by atoms with Crippen LogP contribution in [0.2, 0.25) is 0 Å². The molecular formula is C10H9BrN2O2. The van der Waals surface area contributed by atoms with Crippen LogP contribution in [-0.2, 0) is 6.42 Å². The number of H-pyrrole nitrogens is 1. The number of rotatable bonds is 2. The molecule has 78 valence electrons. The zero-order valence-electron chi connectivity index (χ0n) is 7.77. The lowest BCUT2D eigenvalue weighted by molar-refractivity contribution is 0.271. The highest BCUT2D eigenvalue weighted by molar-refractivity contribution is 9.09. The number of aliphatic hydroxyl groups is 1. The van der Waals surface area contributed by atoms with Crippen molar-refractivity contribution in [2.45, 2.75) is 11.4 Å². The molecule has 0 fully saturated rings. The number of alkyl halides is 1. The van der Waals surface area contributed by atoms with Crippen LogP contribution in [-0.4, -0.2) is 20.1 Å². The third kappa shape index (κ3) is 2.24. The van der Waals surface area contributed by atoms with Crippen molar-refractivity contribution < 1.29 is 5.11 Å². The van der Waals surface area contributed by atoms with Crippen LogP contribution in [0.25, 0.3) is 10.9 Å². The first-order valence-corrected chi connectivity index (χ1v) is 5.37. The molecule has 0 spiro atoms. The zero-order valence-corrected chi connectivity index (χ0v) is 9.36. The Morgan fingerprint density at radius 2 is 2.33 bits per heavy atom. The number of fused-ring (bicyclic) bond motifs is 1. The van der Waals surface area contributed by atoms with Crippen molar-refractivity contribution in [3.8, 4) is 0 Å². The van der Waals surface area contributed by atoms with Crippen molar-refractivity contribution >= 4 is 26.8 Å². The number of nitrogens with one attached hydrogen (secondary N) is 1. The molecule has 0 bridgehead atoms. The molecule has 0 aliphatic rings. The summed E-state index contributed by atoms with van der Waals surface area (Å²) in [6, 6.07) is 5.32. The van der Waals surface area contributed by atoms with Gasteiger partial charge in [-0.05, 0) is 17.7 Å². The van der Waals surface area contributed by atoms with E-state index in [-0.39, 0.29) is 5.56 Å². The second-order valence-corrected chi connectivity index (χ2v) is 4.28. The third-order valence-electron chi connectivity index (χ3n) is 2.11. The molecule has 2 aromatic rings. The fraction of sp³-hybridized carbons (Fsp3) is 0.200. The molecule has 1 atom stereocenters. The van der Waals surface area contributed by atoms with E-state index in [9.17, 15) is 4.79 Å². The van der Waals surface area contributed by atoms with E-state index < -0.39 is 5.01 Å². The summed E-state index contributed by atoms with van der Waals surface area (Å²) >= 11 is 3.06. The van der Waals surface area contributed by atoms with Gasteiger partial charge in [-0.3, -0.25) is 4.79 Å². The Balaban J connectivity index is 2.52. The predicted octanol–water partition coefficient (Wildman–Crippen LogP) is 1.18. The Morgan fingerprint density at radius 1 is 1.53 bits per heavy atom. The summed E-state index contributed by atoms with van der Waals surface area (Å²) < 4.78 is 0. The number of nitrogens with zero attached hydrogens (tertiary/aromatic N) is 1. The van der Waals surface area contributed by atoms with Crippen LogP contribution in [0.5, 0.6) is 0 Å². The van der Waals surface area contributed by atoms with E-state index >= 15 is 0 Å². The molecule has 0 amide bonds. The minimum Gasteiger partial charge on any atom is -0.382 e. The molecule has 2 N–H and O–H groups in total. The summed E-state index contributed by atoms with van der Waals surface area (Å²) in [6.07, 6.45) is 1.86. The van der Waals surface area contributed by atoms with Crippen LogP contribution in [0.1, 0.15) is 5.56 Å². The minimum absolute atomic E-state index is 0.147. The van der Waals surface area contributed by atoms with Crippen LogP contribution in [0.15, 0.2) is 29.3 Å². The molecule has 0 aliphatic carbocycles. The number of benzene rings is 1. The smallest absolute Gasteiger partial charge is 0.258 e. The van der Waals surface area contributed by atoms with Gasteiger partial charge in [-0.25, -0.2) is 4.98 Å². The summed E-state index contributed by atoms with van der Waals surface area (Å²) in [5, 5.41) is 9.15. The Kier molecular flexibility index (Phi) is 2.83. The average Bonchev–Trinajstić information content (AvgIpc) is 2.17. The molecule has 4 nitrogen and oxygen atoms in total. The predicted molar refractivity (Wildman–Crippen MR) is 61.0 cm³/mol. The van der Waals surface area contributed by atoms with Gasteiger partial charge >= 0.3 is 0 Å². The van der Waals surface area contributed by atoms with E-state index in [1.54, 1.807) is 12.1 Å². The fourth-order valence-corrected chi connectivity index (χ4v) is 1.81. The van der Waals surface area contributed by atoms with Crippen molar-refractivity contribution in [2.75, 3.05) is 0 Å². The van der Waals surface area contributed by atoms with Crippen molar-refractivity contribution in [3.63, 3.8) is 0 Å². The van der Waals surface area contributed by atoms with Gasteiger partial charge in [0.2, 0.25) is 0 Å². The van der Waals surface area contributed by atoms with Gasteiger partial charge in [0.25, 0.3) is 5.56 Å². The lowest BCUT2D eigenvalue weighted by Crippen LogP contribution is -2.07. The van der Waals surface area contributed by atoms with Crippen LogP contribution >= 0.6 is 15.9 Å². The van der Waals surface area contributed by atoms with Gasteiger partial charge in [0.1, 0.15) is 5.01 Å². The van der Waals surface area contributed by atoms with Crippen molar-refractivity contribution in [2.24, 2.45) is 0 Å². The normalized spacial score (nSPS) is 12.9. The largest absolute Gasteiger partial charge is 0.382 e. The van der Waals surface area contributed by atoms with Crippen molar-refractivity contribution in [1.82, 2.24) is 9.97 Å². The minimum atomic E-state index is -0.572. The molecule has 0 radical (unpaired) electrons. The van der Waals surface area contributed by atoms with E-state index in [0.29, 0.717) is 17.3 Å². The fourth-order valence-electron chi connectivity index (χ4n) is 1.44. The third-order valence-corrected chi connectivity index (χ3v) is 2.43. The second kappa shape index (κ2) is 4.12. The molecule has 1 aromatic carbocycles. The maximum absolute atomic E-state index is 11.4. The first-order valence-electron chi connectivity index (χ1n) is 4.45. The molecule has 0 aliphatic heterocycles. The highest BCUT2D eigenvalue weighted by atomic mass is 79.9. The topological polar surface area (TPSA) is 66.0 Å². The van der Waals surface area contributed by atoms with Gasteiger partial charge < -0.3 is 10.1 Å². The molecule has 5 heteroatoms. The highest BCUT2D eigenvalue weighted by Crippen LogP contribution is 2.12. The summed E-state index contributed by atoms with van der Waals surface area (Å²) in [5.41, 5.74) is 1.43. The van der Waals surface area contributed by atoms with Crippen LogP contribution < -0.4 is 5.56 Å². The Labute approximate surface area is 94.1 Å². The summed E-state index contributed by atoms with van der Waals surface area (Å²) in [4.78, 5) is 17.9. The highest BCUT2D eigenvalue weighted by Gasteiger charge is 2.03. The van der Waals surface area contributed by atoms with Crippen LogP contribution in [0.3, 0.4) is 0 Å². The maximum atomic E-state index is 11.4. The summed E-state index contributed by atoms with van der Waals surface area (Å²) in [7, 11) is 0. The lowest BCUT2D eigenvalue weighted by atomic mass is 10.1. The summed E-state index contributed by atoms with van der Waals surface area (Å²) in [5.74, 6) is 0. The van der Waals surface area contributed by atoms with Gasteiger partial charge in [0.05, 0.1) is 17.2 Å². The molecule has 1 heterocycles. The van der Waals surface area contributed by atoms with E-state index in [0.717, 1.165) is 5.56 Å². The molecule has 0 saturated heterocycles. The number of aromatic amines is 1. The number of aromatic nitrogens is 2. The van der Waals surface area contributed by atoms with Gasteiger partial charge in [-0.2, -0.15) is 0 Å². The molecule has 15 heavy (non-hydrogen) atoms. The van der Waals surface area contributed by atoms with E-state index in [4.69, 9.17) is 5.11 Å². The van der Waals surface area contributed by atoms with Gasteiger partial charge in [0.15, 0.2) is 0 Å². The Hall–Kier alpha value is -1.20.